The van der Waals surface area contributed by atoms with Crippen molar-refractivity contribution >= 4 is 36.4 Å². The van der Waals surface area contributed by atoms with Crippen molar-refractivity contribution in [2.75, 3.05) is 0 Å². The fourth-order valence-corrected chi connectivity index (χ4v) is 5.57. The lowest BCUT2D eigenvalue weighted by atomic mass is 10.1. The zero-order valence-corrected chi connectivity index (χ0v) is 14.5. The Bertz CT molecular complexity index is 962. The van der Waals surface area contributed by atoms with Crippen molar-refractivity contribution in [2.24, 2.45) is 0 Å². The van der Waals surface area contributed by atoms with Gasteiger partial charge in [0.2, 0.25) is 6.29 Å². The monoisotopic (exact) mass is 354 g/mol. The molecule has 2 aromatic rings. The molecule has 0 saturated carbocycles. The third-order valence-corrected chi connectivity index (χ3v) is 8.35. The van der Waals surface area contributed by atoms with E-state index in [4.69, 9.17) is 4.74 Å². The second kappa shape index (κ2) is 5.11. The highest BCUT2D eigenvalue weighted by Gasteiger charge is 2.36. The normalized spacial score (nSPS) is 18.7. The van der Waals surface area contributed by atoms with Gasteiger partial charge in [0.05, 0.1) is 16.7 Å². The average Bonchev–Trinajstić information content (AvgIpc) is 3.03. The molecular weight excluding hydrogens is 340 g/mol. The Hall–Kier alpha value is -2.77. The molecule has 6 nitrogen and oxygen atoms in total. The summed E-state index contributed by atoms with van der Waals surface area (Å²) in [6.45, 7) is 4.17. The van der Waals surface area contributed by atoms with Crippen molar-refractivity contribution in [1.82, 2.24) is 0 Å². The van der Waals surface area contributed by atoms with Gasteiger partial charge < -0.3 is 14.6 Å². The quantitative estimate of drug-likeness (QED) is 0.491. The second-order valence-electron chi connectivity index (χ2n) is 6.62. The van der Waals surface area contributed by atoms with E-state index in [1.54, 1.807) is 24.3 Å². The molecule has 126 valence electrons. The maximum Gasteiger partial charge on any atom is 0.346 e. The standard InChI is InChI=1S/C18H14O6Si/c1-25(2,9-3-5-11-13(7-9)17(21)23-15(11)19)10-4-6-12-14(8-10)18(22)24-16(12)20/h3-8,17,21H,1-2H3. The number of carbonyl (C=O) groups is 3. The van der Waals surface area contributed by atoms with Crippen LogP contribution in [0.4, 0.5) is 0 Å². The van der Waals surface area contributed by atoms with Crippen LogP contribution in [0.5, 0.6) is 0 Å². The molecule has 0 aliphatic carbocycles. The number of carbonyl (C=O) groups excluding carboxylic acids is 3. The van der Waals surface area contributed by atoms with E-state index in [-0.39, 0.29) is 11.1 Å². The lowest BCUT2D eigenvalue weighted by Crippen LogP contribution is -2.53. The summed E-state index contributed by atoms with van der Waals surface area (Å²) in [5, 5.41) is 11.8. The first-order valence-electron chi connectivity index (χ1n) is 7.73. The van der Waals surface area contributed by atoms with Crippen LogP contribution in [0.25, 0.3) is 0 Å². The van der Waals surface area contributed by atoms with E-state index in [9.17, 15) is 19.5 Å². The summed E-state index contributed by atoms with van der Waals surface area (Å²) in [7, 11) is -2.24. The molecule has 25 heavy (non-hydrogen) atoms. The van der Waals surface area contributed by atoms with E-state index >= 15 is 0 Å². The fourth-order valence-electron chi connectivity index (χ4n) is 3.21. The van der Waals surface area contributed by atoms with Crippen molar-refractivity contribution in [2.45, 2.75) is 19.4 Å². The molecule has 2 aromatic carbocycles. The number of esters is 3. The molecular formula is C18H14O6Si. The van der Waals surface area contributed by atoms with Crippen LogP contribution in [0, 0.1) is 0 Å². The number of fused-ring (bicyclic) bond motifs is 2. The third-order valence-electron chi connectivity index (χ3n) is 4.84. The van der Waals surface area contributed by atoms with Gasteiger partial charge in [0.25, 0.3) is 0 Å². The number of aliphatic hydroxyl groups is 1. The predicted molar refractivity (Wildman–Crippen MR) is 89.8 cm³/mol. The summed E-state index contributed by atoms with van der Waals surface area (Å²) in [5.41, 5.74) is 1.38. The van der Waals surface area contributed by atoms with Crippen LogP contribution in [0.3, 0.4) is 0 Å². The molecule has 2 heterocycles. The number of benzene rings is 2. The average molecular weight is 354 g/mol. The maximum atomic E-state index is 11.8. The molecule has 0 spiro atoms. The van der Waals surface area contributed by atoms with Crippen molar-refractivity contribution in [3.05, 3.63) is 58.7 Å². The fraction of sp³-hybridized carbons (Fsp3) is 0.167. The largest absolute Gasteiger partial charge is 0.428 e. The van der Waals surface area contributed by atoms with Gasteiger partial charge in [-0.2, -0.15) is 0 Å². The van der Waals surface area contributed by atoms with E-state index < -0.39 is 32.3 Å². The van der Waals surface area contributed by atoms with Gasteiger partial charge in [-0.05, 0) is 18.2 Å². The summed E-state index contributed by atoms with van der Waals surface area (Å²) >= 11 is 0. The number of hydrogen-bond donors (Lipinski definition) is 1. The Morgan fingerprint density at radius 1 is 0.840 bits per heavy atom. The van der Waals surface area contributed by atoms with Crippen LogP contribution >= 0.6 is 0 Å². The highest BCUT2D eigenvalue weighted by Crippen LogP contribution is 2.28. The topological polar surface area (TPSA) is 89.9 Å². The number of ether oxygens (including phenoxy) is 2. The van der Waals surface area contributed by atoms with Crippen LogP contribution < -0.4 is 10.4 Å². The van der Waals surface area contributed by atoms with E-state index in [1.807, 2.05) is 12.1 Å². The molecule has 1 atom stereocenters. The van der Waals surface area contributed by atoms with Crippen LogP contribution in [0.2, 0.25) is 13.1 Å². The lowest BCUT2D eigenvalue weighted by molar-refractivity contribution is -0.0547. The number of aliphatic hydroxyl groups excluding tert-OH is 1. The SMILES string of the molecule is C[Si](C)(c1ccc2c(c1)C(=O)OC2=O)c1ccc2c(c1)C(O)OC2=O. The number of hydrogen-bond acceptors (Lipinski definition) is 6. The van der Waals surface area contributed by atoms with Crippen LogP contribution in [0.1, 0.15) is 42.9 Å². The molecule has 7 heteroatoms. The summed E-state index contributed by atoms with van der Waals surface area (Å²) in [6, 6.07) is 10.4. The molecule has 2 aliphatic rings. The van der Waals surface area contributed by atoms with Crippen molar-refractivity contribution < 1.29 is 29.0 Å². The summed E-state index contributed by atoms with van der Waals surface area (Å²) < 4.78 is 9.47. The molecule has 0 fully saturated rings. The van der Waals surface area contributed by atoms with Gasteiger partial charge in [0.1, 0.15) is 8.07 Å². The van der Waals surface area contributed by atoms with E-state index in [1.165, 1.54) is 0 Å². The van der Waals surface area contributed by atoms with Crippen LogP contribution in [-0.4, -0.2) is 31.1 Å². The summed E-state index contributed by atoms with van der Waals surface area (Å²) in [4.78, 5) is 35.1. The zero-order chi connectivity index (χ0) is 17.9. The van der Waals surface area contributed by atoms with Gasteiger partial charge >= 0.3 is 17.9 Å². The highest BCUT2D eigenvalue weighted by molar-refractivity contribution is 7.00. The zero-order valence-electron chi connectivity index (χ0n) is 13.5. The molecule has 0 aromatic heterocycles. The summed E-state index contributed by atoms with van der Waals surface area (Å²) in [5.74, 6) is -1.79. The Morgan fingerprint density at radius 3 is 2.16 bits per heavy atom. The first-order valence-corrected chi connectivity index (χ1v) is 10.7. The van der Waals surface area contributed by atoms with Crippen LogP contribution in [0.15, 0.2) is 36.4 Å². The minimum Gasteiger partial charge on any atom is -0.428 e. The molecule has 4 rings (SSSR count). The van der Waals surface area contributed by atoms with Gasteiger partial charge in [-0.1, -0.05) is 41.7 Å². The smallest absolute Gasteiger partial charge is 0.346 e. The summed E-state index contributed by atoms with van der Waals surface area (Å²) in [6.07, 6.45) is -1.25. The van der Waals surface area contributed by atoms with Crippen molar-refractivity contribution in [3.63, 3.8) is 0 Å². The Labute approximate surface area is 144 Å². The highest BCUT2D eigenvalue weighted by atomic mass is 28.3. The minimum absolute atomic E-state index is 0.280. The number of rotatable bonds is 2. The van der Waals surface area contributed by atoms with Gasteiger partial charge in [0, 0.05) is 5.56 Å². The number of cyclic esters (lactones) is 3. The van der Waals surface area contributed by atoms with Gasteiger partial charge in [-0.25, -0.2) is 14.4 Å². The van der Waals surface area contributed by atoms with Gasteiger partial charge in [-0.15, -0.1) is 0 Å². The molecule has 0 saturated heterocycles. The molecule has 1 unspecified atom stereocenters. The first-order chi connectivity index (χ1) is 11.8. The van der Waals surface area contributed by atoms with E-state index in [0.29, 0.717) is 11.1 Å². The van der Waals surface area contributed by atoms with Crippen LogP contribution in [-0.2, 0) is 9.47 Å². The van der Waals surface area contributed by atoms with Gasteiger partial charge in [0.15, 0.2) is 0 Å². The Kier molecular flexibility index (Phi) is 3.22. The van der Waals surface area contributed by atoms with Crippen molar-refractivity contribution in [3.8, 4) is 0 Å². The molecule has 2 aliphatic heterocycles. The maximum absolute atomic E-state index is 11.8. The Balaban J connectivity index is 1.80. The Morgan fingerprint density at radius 2 is 1.44 bits per heavy atom. The molecule has 0 radical (unpaired) electrons. The predicted octanol–water partition coefficient (Wildman–Crippen LogP) is 0.981. The first kappa shape index (κ1) is 15.7. The van der Waals surface area contributed by atoms with E-state index in [0.717, 1.165) is 10.4 Å². The third kappa shape index (κ3) is 2.24. The second-order valence-corrected chi connectivity index (χ2v) is 11.0. The molecule has 1 N–H and O–H groups in total. The molecule has 0 amide bonds. The van der Waals surface area contributed by atoms with E-state index in [2.05, 4.69) is 17.8 Å². The van der Waals surface area contributed by atoms with Crippen molar-refractivity contribution in [1.29, 1.82) is 0 Å². The van der Waals surface area contributed by atoms with Gasteiger partial charge in [-0.3, -0.25) is 0 Å². The minimum atomic E-state index is -2.24. The molecule has 0 bridgehead atoms. The lowest BCUT2D eigenvalue weighted by Gasteiger charge is -2.24.